The number of benzene rings is 1. The monoisotopic (exact) mass is 546 g/mol. The number of ether oxygens (including phenoxy) is 1. The summed E-state index contributed by atoms with van der Waals surface area (Å²) in [5.74, 6) is 1.20. The molecule has 0 fully saturated rings. The number of halogens is 1. The van der Waals surface area contributed by atoms with E-state index in [-0.39, 0.29) is 12.1 Å². The second-order valence-electron chi connectivity index (χ2n) is 11.0. The Kier molecular flexibility index (Phi) is 7.03. The molecule has 0 radical (unpaired) electrons. The Morgan fingerprint density at radius 3 is 2.59 bits per heavy atom. The Morgan fingerprint density at radius 1 is 1.05 bits per heavy atom. The van der Waals surface area contributed by atoms with Crippen LogP contribution in [0.25, 0.3) is 33.5 Å². The van der Waals surface area contributed by atoms with Crippen molar-refractivity contribution in [3.63, 3.8) is 0 Å². The fraction of sp³-hybridized carbons (Fsp3) is 0.345. The number of nitrogens with zero attached hydrogens (tertiary/aromatic N) is 6. The smallest absolute Gasteiger partial charge is 0.418 e. The van der Waals surface area contributed by atoms with E-state index in [9.17, 15) is 9.59 Å². The van der Waals surface area contributed by atoms with Crippen LogP contribution in [0.2, 0.25) is 5.15 Å². The van der Waals surface area contributed by atoms with Crippen LogP contribution in [0.15, 0.2) is 59.7 Å². The average Bonchev–Trinajstić information content (AvgIpc) is 3.48. The minimum Gasteiger partial charge on any atom is -0.443 e. The van der Waals surface area contributed by atoms with Crippen LogP contribution < -0.4 is 5.56 Å². The third-order valence-corrected chi connectivity index (χ3v) is 6.58. The quantitative estimate of drug-likeness (QED) is 0.237. The molecule has 0 aliphatic rings. The molecule has 0 aliphatic heterocycles. The van der Waals surface area contributed by atoms with Gasteiger partial charge in [0.15, 0.2) is 5.65 Å². The number of rotatable bonds is 6. The molecule has 4 aromatic heterocycles. The summed E-state index contributed by atoms with van der Waals surface area (Å²) >= 11 is 6.15. The zero-order valence-corrected chi connectivity index (χ0v) is 23.4. The van der Waals surface area contributed by atoms with Crippen LogP contribution in [0.5, 0.6) is 0 Å². The number of aryl methyl sites for hydroxylation is 1. The molecule has 0 unspecified atom stereocenters. The van der Waals surface area contributed by atoms with Gasteiger partial charge in [0, 0.05) is 18.3 Å². The summed E-state index contributed by atoms with van der Waals surface area (Å²) in [6.45, 7) is 10.8. The largest absolute Gasteiger partial charge is 0.443 e. The minimum absolute atomic E-state index is 0.223. The number of carbonyl (C=O) groups excluding carboxylic acids is 1. The molecular formula is C29H31ClN6O3. The standard InChI is InChI=1S/C29H31ClN6O3/c1-18(2)12-14-34-22-10-11-24(30)32-27(22)33-25(34)17-36-23-15-19(8-9-20(23)31-16-26(36)37)21-7-6-13-35(21)28(38)39-29(3,4)5/h6-11,13,15-16,18H,12,14,17H2,1-5H3. The molecule has 0 saturated heterocycles. The van der Waals surface area contributed by atoms with Gasteiger partial charge in [-0.25, -0.2) is 19.7 Å². The number of hydrogen-bond donors (Lipinski definition) is 0. The molecule has 5 aromatic rings. The lowest BCUT2D eigenvalue weighted by Crippen LogP contribution is -2.27. The van der Waals surface area contributed by atoms with Gasteiger partial charge in [-0.3, -0.25) is 13.9 Å². The van der Waals surface area contributed by atoms with Gasteiger partial charge in [0.1, 0.15) is 16.6 Å². The molecule has 0 bridgehead atoms. The molecule has 5 rings (SSSR count). The van der Waals surface area contributed by atoms with E-state index in [1.165, 1.54) is 10.8 Å². The topological polar surface area (TPSA) is 96.8 Å². The van der Waals surface area contributed by atoms with Crippen molar-refractivity contribution in [2.75, 3.05) is 0 Å². The van der Waals surface area contributed by atoms with E-state index >= 15 is 0 Å². The first kappa shape index (κ1) is 26.6. The maximum absolute atomic E-state index is 13.2. The molecule has 0 saturated carbocycles. The maximum Gasteiger partial charge on any atom is 0.418 e. The van der Waals surface area contributed by atoms with Gasteiger partial charge in [-0.2, -0.15) is 0 Å². The highest BCUT2D eigenvalue weighted by Gasteiger charge is 2.21. The van der Waals surface area contributed by atoms with E-state index in [4.69, 9.17) is 21.3 Å². The highest BCUT2D eigenvalue weighted by molar-refractivity contribution is 6.29. The molecule has 10 heteroatoms. The molecule has 0 atom stereocenters. The lowest BCUT2D eigenvalue weighted by molar-refractivity contribution is 0.0540. The SMILES string of the molecule is CC(C)CCn1c(Cn2c(=O)cnc3ccc(-c4cccn4C(=O)OC(C)(C)C)cc32)nc2nc(Cl)ccc21. The van der Waals surface area contributed by atoms with Gasteiger partial charge < -0.3 is 9.30 Å². The van der Waals surface area contributed by atoms with Crippen molar-refractivity contribution in [2.45, 2.75) is 59.7 Å². The number of aromatic nitrogens is 6. The van der Waals surface area contributed by atoms with Crippen molar-refractivity contribution in [1.29, 1.82) is 0 Å². The van der Waals surface area contributed by atoms with Crippen molar-refractivity contribution >= 4 is 39.9 Å². The molecule has 9 nitrogen and oxygen atoms in total. The van der Waals surface area contributed by atoms with Gasteiger partial charge in [0.2, 0.25) is 0 Å². The third-order valence-electron chi connectivity index (χ3n) is 6.37. The predicted molar refractivity (Wildman–Crippen MR) is 152 cm³/mol. The van der Waals surface area contributed by atoms with Crippen LogP contribution >= 0.6 is 11.6 Å². The van der Waals surface area contributed by atoms with Gasteiger partial charge in [-0.1, -0.05) is 31.5 Å². The highest BCUT2D eigenvalue weighted by atomic mass is 35.5. The zero-order chi connectivity index (χ0) is 27.9. The van der Waals surface area contributed by atoms with Gasteiger partial charge in [0.25, 0.3) is 5.56 Å². The number of pyridine rings is 1. The summed E-state index contributed by atoms with van der Waals surface area (Å²) in [4.78, 5) is 39.5. The Hall–Kier alpha value is -3.98. The van der Waals surface area contributed by atoms with Crippen molar-refractivity contribution in [3.8, 4) is 11.3 Å². The number of hydrogen-bond acceptors (Lipinski definition) is 6. The number of imidazole rings is 1. The second kappa shape index (κ2) is 10.3. The van der Waals surface area contributed by atoms with Crippen LogP contribution in [-0.2, 0) is 17.8 Å². The van der Waals surface area contributed by atoms with Gasteiger partial charge in [-0.15, -0.1) is 0 Å². The first-order valence-corrected chi connectivity index (χ1v) is 13.3. The Balaban J connectivity index is 1.60. The lowest BCUT2D eigenvalue weighted by Gasteiger charge is -2.20. The molecule has 39 heavy (non-hydrogen) atoms. The Labute approximate surface area is 231 Å². The fourth-order valence-electron chi connectivity index (χ4n) is 4.50. The maximum atomic E-state index is 13.2. The molecule has 202 valence electrons. The van der Waals surface area contributed by atoms with Crippen molar-refractivity contribution in [1.82, 2.24) is 28.7 Å². The summed E-state index contributed by atoms with van der Waals surface area (Å²) in [5.41, 5.74) is 3.21. The van der Waals surface area contributed by atoms with Crippen LogP contribution in [-0.4, -0.2) is 40.3 Å². The summed E-state index contributed by atoms with van der Waals surface area (Å²) in [5, 5.41) is 0.367. The summed E-state index contributed by atoms with van der Waals surface area (Å²) in [6.07, 6.45) is 3.45. The Morgan fingerprint density at radius 2 is 1.85 bits per heavy atom. The molecule has 0 spiro atoms. The first-order valence-electron chi connectivity index (χ1n) is 12.9. The van der Waals surface area contributed by atoms with Gasteiger partial charge in [0.05, 0.1) is 35.0 Å². The third kappa shape index (κ3) is 5.59. The first-order chi connectivity index (χ1) is 18.5. The number of fused-ring (bicyclic) bond motifs is 2. The normalized spacial score (nSPS) is 12.1. The van der Waals surface area contributed by atoms with Crippen molar-refractivity contribution in [2.24, 2.45) is 5.92 Å². The summed E-state index contributed by atoms with van der Waals surface area (Å²) in [6, 6.07) is 12.9. The molecule has 0 N–H and O–H groups in total. The van der Waals surface area contributed by atoms with Crippen molar-refractivity contribution < 1.29 is 9.53 Å². The van der Waals surface area contributed by atoms with E-state index in [0.717, 1.165) is 24.0 Å². The van der Waals surface area contributed by atoms with Crippen LogP contribution in [0, 0.1) is 5.92 Å². The van der Waals surface area contributed by atoms with Crippen molar-refractivity contribution in [3.05, 3.63) is 76.2 Å². The van der Waals surface area contributed by atoms with E-state index in [2.05, 4.69) is 28.4 Å². The number of carbonyl (C=O) groups is 1. The summed E-state index contributed by atoms with van der Waals surface area (Å²) < 4.78 is 10.8. The van der Waals surface area contributed by atoms with E-state index in [1.54, 1.807) is 22.9 Å². The highest BCUT2D eigenvalue weighted by Crippen LogP contribution is 2.26. The average molecular weight is 547 g/mol. The van der Waals surface area contributed by atoms with E-state index < -0.39 is 11.7 Å². The summed E-state index contributed by atoms with van der Waals surface area (Å²) in [7, 11) is 0. The van der Waals surface area contributed by atoms with Gasteiger partial charge >= 0.3 is 6.09 Å². The van der Waals surface area contributed by atoms with E-state index in [0.29, 0.717) is 39.3 Å². The van der Waals surface area contributed by atoms with Crippen LogP contribution in [0.3, 0.4) is 0 Å². The second-order valence-corrected chi connectivity index (χ2v) is 11.4. The van der Waals surface area contributed by atoms with Crippen LogP contribution in [0.4, 0.5) is 4.79 Å². The molecule has 1 aromatic carbocycles. The molecule has 0 aliphatic carbocycles. The molecule has 0 amide bonds. The van der Waals surface area contributed by atoms with Gasteiger partial charge in [-0.05, 0) is 69.5 Å². The van der Waals surface area contributed by atoms with Crippen LogP contribution in [0.1, 0.15) is 46.9 Å². The Bertz CT molecular complexity index is 1740. The molecular weight excluding hydrogens is 516 g/mol. The molecule has 4 heterocycles. The predicted octanol–water partition coefficient (Wildman–Crippen LogP) is 6.14. The fourth-order valence-corrected chi connectivity index (χ4v) is 4.65. The van der Waals surface area contributed by atoms with E-state index in [1.807, 2.05) is 51.1 Å². The lowest BCUT2D eigenvalue weighted by atomic mass is 10.1. The zero-order valence-electron chi connectivity index (χ0n) is 22.7. The minimum atomic E-state index is -0.632.